The SMILES string of the molecule is CCN[C@H](C)CNC(=O)c1cnn(-c2ccc([N+](=O)[O-])cc2)c1.Cl. The Bertz CT molecular complexity index is 687. The number of nitrogens with one attached hydrogen (secondary N) is 2. The van der Waals surface area contributed by atoms with Crippen LogP contribution in [0, 0.1) is 10.1 Å². The van der Waals surface area contributed by atoms with Crippen LogP contribution in [-0.4, -0.2) is 39.7 Å². The Labute approximate surface area is 145 Å². The van der Waals surface area contributed by atoms with E-state index in [2.05, 4.69) is 15.7 Å². The van der Waals surface area contributed by atoms with Crippen molar-refractivity contribution in [2.75, 3.05) is 13.1 Å². The molecule has 1 aromatic heterocycles. The van der Waals surface area contributed by atoms with Crippen molar-refractivity contribution in [2.45, 2.75) is 19.9 Å². The van der Waals surface area contributed by atoms with Crippen molar-refractivity contribution in [3.05, 3.63) is 52.3 Å². The summed E-state index contributed by atoms with van der Waals surface area (Å²) in [6, 6.07) is 6.15. The van der Waals surface area contributed by atoms with E-state index in [4.69, 9.17) is 0 Å². The lowest BCUT2D eigenvalue weighted by molar-refractivity contribution is -0.384. The summed E-state index contributed by atoms with van der Waals surface area (Å²) in [6.07, 6.45) is 3.06. The van der Waals surface area contributed by atoms with Crippen LogP contribution in [0.5, 0.6) is 0 Å². The van der Waals surface area contributed by atoms with E-state index in [0.29, 0.717) is 17.8 Å². The van der Waals surface area contributed by atoms with Gasteiger partial charge in [-0.1, -0.05) is 6.92 Å². The largest absolute Gasteiger partial charge is 0.350 e. The van der Waals surface area contributed by atoms with Crippen LogP contribution < -0.4 is 10.6 Å². The molecule has 2 rings (SSSR count). The molecule has 0 aliphatic heterocycles. The van der Waals surface area contributed by atoms with Crippen LogP contribution in [0.2, 0.25) is 0 Å². The Morgan fingerprint density at radius 1 is 1.38 bits per heavy atom. The van der Waals surface area contributed by atoms with Gasteiger partial charge in [0, 0.05) is 30.9 Å². The molecule has 8 nitrogen and oxygen atoms in total. The first kappa shape index (κ1) is 19.6. The number of halogens is 1. The quantitative estimate of drug-likeness (QED) is 0.585. The molecule has 0 bridgehead atoms. The highest BCUT2D eigenvalue weighted by atomic mass is 35.5. The van der Waals surface area contributed by atoms with Crippen molar-refractivity contribution in [1.29, 1.82) is 0 Å². The van der Waals surface area contributed by atoms with Crippen molar-refractivity contribution in [3.8, 4) is 5.69 Å². The fourth-order valence-electron chi connectivity index (χ4n) is 2.08. The molecule has 1 amide bonds. The highest BCUT2D eigenvalue weighted by Gasteiger charge is 2.11. The summed E-state index contributed by atoms with van der Waals surface area (Å²) in [5.74, 6) is -0.206. The number of rotatable bonds is 7. The lowest BCUT2D eigenvalue weighted by Crippen LogP contribution is -2.38. The van der Waals surface area contributed by atoms with Gasteiger partial charge in [0.1, 0.15) is 0 Å². The van der Waals surface area contributed by atoms with E-state index in [1.54, 1.807) is 18.3 Å². The minimum Gasteiger partial charge on any atom is -0.350 e. The van der Waals surface area contributed by atoms with Crippen LogP contribution in [0.1, 0.15) is 24.2 Å². The van der Waals surface area contributed by atoms with Gasteiger partial charge in [-0.15, -0.1) is 12.4 Å². The van der Waals surface area contributed by atoms with E-state index in [0.717, 1.165) is 6.54 Å². The summed E-state index contributed by atoms with van der Waals surface area (Å²) in [4.78, 5) is 22.2. The average molecular weight is 354 g/mol. The van der Waals surface area contributed by atoms with E-state index >= 15 is 0 Å². The number of hydrogen-bond donors (Lipinski definition) is 2. The summed E-state index contributed by atoms with van der Waals surface area (Å²) in [5.41, 5.74) is 1.10. The molecule has 9 heteroatoms. The Kier molecular flexibility index (Phi) is 7.34. The number of carbonyl (C=O) groups excluding carboxylic acids is 1. The second-order valence-electron chi connectivity index (χ2n) is 5.12. The fourth-order valence-corrected chi connectivity index (χ4v) is 2.08. The molecule has 0 saturated heterocycles. The van der Waals surface area contributed by atoms with E-state index in [-0.39, 0.29) is 30.0 Å². The third-order valence-corrected chi connectivity index (χ3v) is 3.29. The minimum atomic E-state index is -0.461. The van der Waals surface area contributed by atoms with Crippen LogP contribution in [0.3, 0.4) is 0 Å². The number of nitro benzene ring substituents is 1. The Morgan fingerprint density at radius 3 is 2.62 bits per heavy atom. The van der Waals surface area contributed by atoms with E-state index in [1.807, 2.05) is 13.8 Å². The predicted octanol–water partition coefficient (Wildman–Crippen LogP) is 1.93. The molecule has 2 N–H and O–H groups in total. The number of hydrogen-bond acceptors (Lipinski definition) is 5. The molecule has 0 unspecified atom stereocenters. The summed E-state index contributed by atoms with van der Waals surface area (Å²) in [6.45, 7) is 5.36. The van der Waals surface area contributed by atoms with Gasteiger partial charge < -0.3 is 10.6 Å². The number of benzene rings is 1. The first-order valence-electron chi connectivity index (χ1n) is 7.32. The van der Waals surface area contributed by atoms with Crippen molar-refractivity contribution in [2.24, 2.45) is 0 Å². The summed E-state index contributed by atoms with van der Waals surface area (Å²) >= 11 is 0. The molecular formula is C15H20ClN5O3. The van der Waals surface area contributed by atoms with Crippen molar-refractivity contribution in [3.63, 3.8) is 0 Å². The summed E-state index contributed by atoms with van der Waals surface area (Å²) < 4.78 is 1.51. The maximum Gasteiger partial charge on any atom is 0.269 e. The maximum atomic E-state index is 12.1. The number of carbonyl (C=O) groups is 1. The lowest BCUT2D eigenvalue weighted by atomic mass is 10.3. The van der Waals surface area contributed by atoms with E-state index < -0.39 is 4.92 Å². The Hall–Kier alpha value is -2.45. The van der Waals surface area contributed by atoms with E-state index in [9.17, 15) is 14.9 Å². The number of nitro groups is 1. The molecular weight excluding hydrogens is 334 g/mol. The van der Waals surface area contributed by atoms with Gasteiger partial charge in [-0.25, -0.2) is 4.68 Å². The lowest BCUT2D eigenvalue weighted by Gasteiger charge is -2.12. The number of amides is 1. The van der Waals surface area contributed by atoms with Crippen molar-refractivity contribution < 1.29 is 9.72 Å². The molecule has 1 atom stereocenters. The van der Waals surface area contributed by atoms with Crippen LogP contribution in [0.4, 0.5) is 5.69 Å². The van der Waals surface area contributed by atoms with Gasteiger partial charge in [0.25, 0.3) is 11.6 Å². The highest BCUT2D eigenvalue weighted by Crippen LogP contribution is 2.15. The van der Waals surface area contributed by atoms with Gasteiger partial charge in [-0.05, 0) is 25.6 Å². The zero-order valence-electron chi connectivity index (χ0n) is 13.4. The molecule has 0 aliphatic carbocycles. The predicted molar refractivity (Wildman–Crippen MR) is 92.9 cm³/mol. The normalized spacial score (nSPS) is 11.4. The number of nitrogens with zero attached hydrogens (tertiary/aromatic N) is 3. The van der Waals surface area contributed by atoms with Crippen molar-refractivity contribution >= 4 is 24.0 Å². The van der Waals surface area contributed by atoms with Gasteiger partial charge in [0.2, 0.25) is 0 Å². The second kappa shape index (κ2) is 8.99. The molecule has 0 aliphatic rings. The third-order valence-electron chi connectivity index (χ3n) is 3.29. The molecule has 0 spiro atoms. The average Bonchev–Trinajstić information content (AvgIpc) is 3.03. The first-order valence-corrected chi connectivity index (χ1v) is 7.32. The van der Waals surface area contributed by atoms with Gasteiger partial charge in [0.05, 0.1) is 22.4 Å². The fraction of sp³-hybridized carbons (Fsp3) is 0.333. The van der Waals surface area contributed by atoms with Crippen LogP contribution in [0.25, 0.3) is 5.69 Å². The Morgan fingerprint density at radius 2 is 2.04 bits per heavy atom. The molecule has 0 saturated carbocycles. The van der Waals surface area contributed by atoms with Gasteiger partial charge in [-0.3, -0.25) is 14.9 Å². The first-order chi connectivity index (χ1) is 11.0. The molecule has 130 valence electrons. The smallest absolute Gasteiger partial charge is 0.269 e. The molecule has 24 heavy (non-hydrogen) atoms. The second-order valence-corrected chi connectivity index (χ2v) is 5.12. The van der Waals surface area contributed by atoms with Crippen molar-refractivity contribution in [1.82, 2.24) is 20.4 Å². The van der Waals surface area contributed by atoms with Crippen LogP contribution in [-0.2, 0) is 0 Å². The maximum absolute atomic E-state index is 12.1. The zero-order valence-corrected chi connectivity index (χ0v) is 14.2. The topological polar surface area (TPSA) is 102 Å². The Balaban J connectivity index is 0.00000288. The monoisotopic (exact) mass is 353 g/mol. The number of likely N-dealkylation sites (N-methyl/N-ethyl adjacent to an activating group) is 1. The zero-order chi connectivity index (χ0) is 16.8. The highest BCUT2D eigenvalue weighted by molar-refractivity contribution is 5.93. The molecule has 1 aromatic carbocycles. The number of aromatic nitrogens is 2. The van der Waals surface area contributed by atoms with Gasteiger partial charge >= 0.3 is 0 Å². The standard InChI is InChI=1S/C15H19N5O3.ClH/c1-3-16-11(2)8-17-15(21)12-9-18-19(10-12)13-4-6-14(7-5-13)20(22)23;/h4-7,9-11,16H,3,8H2,1-2H3,(H,17,21);1H/t11-;/m1./s1. The number of non-ortho nitro benzene ring substituents is 1. The molecule has 0 fully saturated rings. The summed E-state index contributed by atoms with van der Waals surface area (Å²) in [7, 11) is 0. The molecule has 1 heterocycles. The van der Waals surface area contributed by atoms with Crippen LogP contribution in [0.15, 0.2) is 36.7 Å². The summed E-state index contributed by atoms with van der Waals surface area (Å²) in [5, 5.41) is 20.8. The van der Waals surface area contributed by atoms with E-state index in [1.165, 1.54) is 23.0 Å². The van der Waals surface area contributed by atoms with Crippen LogP contribution >= 0.6 is 12.4 Å². The van der Waals surface area contributed by atoms with Gasteiger partial charge in [-0.2, -0.15) is 5.10 Å². The minimum absolute atomic E-state index is 0. The molecule has 2 aromatic rings. The van der Waals surface area contributed by atoms with Gasteiger partial charge in [0.15, 0.2) is 0 Å². The third kappa shape index (κ3) is 5.04. The molecule has 0 radical (unpaired) electrons.